The van der Waals surface area contributed by atoms with Crippen molar-refractivity contribution in [3.05, 3.63) is 28.8 Å². The van der Waals surface area contributed by atoms with Crippen molar-refractivity contribution in [2.24, 2.45) is 11.8 Å². The molecule has 2 fully saturated rings. The summed E-state index contributed by atoms with van der Waals surface area (Å²) in [6, 6.07) is 5.57. The molecule has 0 aromatic heterocycles. The van der Waals surface area contributed by atoms with Crippen molar-refractivity contribution in [2.45, 2.75) is 39.0 Å². The first-order valence-electron chi connectivity index (χ1n) is 8.40. The first-order valence-corrected chi connectivity index (χ1v) is 8.78. The summed E-state index contributed by atoms with van der Waals surface area (Å²) in [5.74, 6) is 1.80. The van der Waals surface area contributed by atoms with Crippen molar-refractivity contribution in [3.63, 3.8) is 0 Å². The van der Waals surface area contributed by atoms with Gasteiger partial charge in [-0.3, -0.25) is 9.69 Å². The quantitative estimate of drug-likeness (QED) is 0.909. The van der Waals surface area contributed by atoms with Crippen molar-refractivity contribution in [2.75, 3.05) is 25.0 Å². The number of aryl methyl sites for hydroxylation is 1. The van der Waals surface area contributed by atoms with E-state index < -0.39 is 0 Å². The average Bonchev–Trinajstić information content (AvgIpc) is 2.50. The summed E-state index contributed by atoms with van der Waals surface area (Å²) in [5, 5.41) is 3.72. The number of carbonyl (C=O) groups is 1. The lowest BCUT2D eigenvalue weighted by Crippen LogP contribution is -2.44. The molecule has 0 unspecified atom stereocenters. The topological polar surface area (TPSA) is 32.3 Å². The van der Waals surface area contributed by atoms with Gasteiger partial charge in [-0.05, 0) is 61.9 Å². The Labute approximate surface area is 138 Å². The van der Waals surface area contributed by atoms with Crippen LogP contribution in [-0.4, -0.2) is 30.4 Å². The summed E-state index contributed by atoms with van der Waals surface area (Å²) in [6.45, 7) is 4.63. The maximum Gasteiger partial charge on any atom is 0.238 e. The fourth-order valence-electron chi connectivity index (χ4n) is 3.98. The van der Waals surface area contributed by atoms with Gasteiger partial charge in [0.05, 0.1) is 6.54 Å². The maximum absolute atomic E-state index is 12.3. The van der Waals surface area contributed by atoms with Gasteiger partial charge in [0.25, 0.3) is 0 Å². The second-order valence-electron chi connectivity index (χ2n) is 6.84. The Morgan fingerprint density at radius 3 is 2.82 bits per heavy atom. The molecule has 1 saturated heterocycles. The first-order chi connectivity index (χ1) is 10.6. The fourth-order valence-corrected chi connectivity index (χ4v) is 4.21. The van der Waals surface area contributed by atoms with Gasteiger partial charge >= 0.3 is 0 Å². The van der Waals surface area contributed by atoms with Crippen LogP contribution in [0.1, 0.15) is 37.7 Å². The lowest BCUT2D eigenvalue weighted by atomic mass is 9.75. The van der Waals surface area contributed by atoms with Crippen molar-refractivity contribution in [3.8, 4) is 0 Å². The minimum atomic E-state index is 0.0830. The second-order valence-corrected chi connectivity index (χ2v) is 7.27. The van der Waals surface area contributed by atoms with Crippen LogP contribution < -0.4 is 5.32 Å². The van der Waals surface area contributed by atoms with E-state index in [4.69, 9.17) is 11.6 Å². The molecule has 1 aliphatic carbocycles. The Kier molecular flexibility index (Phi) is 5.04. The summed E-state index contributed by atoms with van der Waals surface area (Å²) in [5.41, 5.74) is 1.87. The molecule has 3 rings (SSSR count). The molecule has 0 radical (unpaired) electrons. The van der Waals surface area contributed by atoms with E-state index in [0.717, 1.165) is 36.2 Å². The van der Waals surface area contributed by atoms with Crippen molar-refractivity contribution in [1.82, 2.24) is 4.90 Å². The van der Waals surface area contributed by atoms with Crippen LogP contribution in [-0.2, 0) is 4.79 Å². The van der Waals surface area contributed by atoms with Crippen LogP contribution in [0.15, 0.2) is 18.2 Å². The number of carbonyl (C=O) groups excluding carboxylic acids is 1. The normalized spacial score (nSPS) is 25.5. The predicted molar refractivity (Wildman–Crippen MR) is 91.3 cm³/mol. The number of nitrogens with zero attached hydrogens (tertiary/aromatic N) is 1. The Morgan fingerprint density at radius 2 is 2.05 bits per heavy atom. The van der Waals surface area contributed by atoms with Crippen LogP contribution in [0.4, 0.5) is 5.69 Å². The average molecular weight is 321 g/mol. The molecule has 1 aromatic rings. The number of amides is 1. The van der Waals surface area contributed by atoms with Gasteiger partial charge in [-0.25, -0.2) is 0 Å². The van der Waals surface area contributed by atoms with Crippen molar-refractivity contribution >= 4 is 23.2 Å². The van der Waals surface area contributed by atoms with Gasteiger partial charge in [0.15, 0.2) is 0 Å². The molecular formula is C18H25ClN2O. The molecule has 0 bridgehead atoms. The second kappa shape index (κ2) is 7.01. The predicted octanol–water partition coefficient (Wildman–Crippen LogP) is 4.10. The molecule has 2 atom stereocenters. The van der Waals surface area contributed by atoms with E-state index in [1.165, 1.54) is 32.1 Å². The molecule has 3 nitrogen and oxygen atoms in total. The third-order valence-electron chi connectivity index (χ3n) is 5.21. The number of benzene rings is 1. The van der Waals surface area contributed by atoms with Crippen molar-refractivity contribution < 1.29 is 4.79 Å². The molecular weight excluding hydrogens is 296 g/mol. The van der Waals surface area contributed by atoms with E-state index in [9.17, 15) is 4.79 Å². The van der Waals surface area contributed by atoms with Crippen LogP contribution in [0, 0.1) is 18.8 Å². The SMILES string of the molecule is Cc1cc(Cl)ccc1NC(=O)CN1CC[C@@H]2CCCC[C@@H]2C1. The van der Waals surface area contributed by atoms with E-state index in [0.29, 0.717) is 11.6 Å². The lowest BCUT2D eigenvalue weighted by molar-refractivity contribution is -0.118. The molecule has 4 heteroatoms. The number of piperidine rings is 1. The summed E-state index contributed by atoms with van der Waals surface area (Å²) < 4.78 is 0. The number of hydrogen-bond acceptors (Lipinski definition) is 2. The molecule has 2 aliphatic rings. The van der Waals surface area contributed by atoms with E-state index >= 15 is 0 Å². The smallest absolute Gasteiger partial charge is 0.238 e. The van der Waals surface area contributed by atoms with Gasteiger partial charge in [-0.2, -0.15) is 0 Å². The summed E-state index contributed by atoms with van der Waals surface area (Å²) in [7, 11) is 0. The maximum atomic E-state index is 12.3. The Balaban J connectivity index is 1.53. The lowest BCUT2D eigenvalue weighted by Gasteiger charge is -2.41. The summed E-state index contributed by atoms with van der Waals surface area (Å²) in [4.78, 5) is 14.6. The zero-order chi connectivity index (χ0) is 15.5. The zero-order valence-corrected chi connectivity index (χ0v) is 14.0. The number of halogens is 1. The van der Waals surface area contributed by atoms with E-state index in [2.05, 4.69) is 10.2 Å². The number of anilines is 1. The molecule has 1 saturated carbocycles. The number of rotatable bonds is 3. The Hall–Kier alpha value is -1.06. The number of likely N-dealkylation sites (tertiary alicyclic amines) is 1. The third-order valence-corrected chi connectivity index (χ3v) is 5.44. The molecule has 1 amide bonds. The Morgan fingerprint density at radius 1 is 1.27 bits per heavy atom. The van der Waals surface area contributed by atoms with E-state index in [1.54, 1.807) is 0 Å². The Bertz CT molecular complexity index is 546. The molecule has 120 valence electrons. The molecule has 1 heterocycles. The fraction of sp³-hybridized carbons (Fsp3) is 0.611. The highest BCUT2D eigenvalue weighted by atomic mass is 35.5. The standard InChI is InChI=1S/C18H25ClN2O/c1-13-10-16(19)6-7-17(13)20-18(22)12-21-9-8-14-4-2-3-5-15(14)11-21/h6-7,10,14-15H,2-5,8-9,11-12H2,1H3,(H,20,22)/t14-,15+/m0/s1. The van der Waals surface area contributed by atoms with Crippen LogP contribution in [0.5, 0.6) is 0 Å². The van der Waals surface area contributed by atoms with Crippen LogP contribution in [0.25, 0.3) is 0 Å². The van der Waals surface area contributed by atoms with Crippen LogP contribution in [0.2, 0.25) is 5.02 Å². The largest absolute Gasteiger partial charge is 0.325 e. The highest BCUT2D eigenvalue weighted by molar-refractivity contribution is 6.30. The van der Waals surface area contributed by atoms with Gasteiger partial charge < -0.3 is 5.32 Å². The monoisotopic (exact) mass is 320 g/mol. The highest BCUT2D eigenvalue weighted by Gasteiger charge is 2.31. The third kappa shape index (κ3) is 3.82. The molecule has 0 spiro atoms. The van der Waals surface area contributed by atoms with Crippen molar-refractivity contribution in [1.29, 1.82) is 0 Å². The van der Waals surface area contributed by atoms with E-state index in [-0.39, 0.29) is 5.91 Å². The van der Waals surface area contributed by atoms with Gasteiger partial charge in [0.2, 0.25) is 5.91 Å². The number of hydrogen-bond donors (Lipinski definition) is 1. The molecule has 1 N–H and O–H groups in total. The first kappa shape index (κ1) is 15.8. The number of fused-ring (bicyclic) bond motifs is 1. The van der Waals surface area contributed by atoms with Crippen LogP contribution >= 0.6 is 11.6 Å². The van der Waals surface area contributed by atoms with Gasteiger partial charge in [-0.15, -0.1) is 0 Å². The van der Waals surface area contributed by atoms with Gasteiger partial charge in [0.1, 0.15) is 0 Å². The summed E-state index contributed by atoms with van der Waals surface area (Å²) >= 11 is 5.95. The molecule has 1 aromatic carbocycles. The minimum Gasteiger partial charge on any atom is -0.325 e. The molecule has 22 heavy (non-hydrogen) atoms. The zero-order valence-electron chi connectivity index (χ0n) is 13.3. The van der Waals surface area contributed by atoms with Gasteiger partial charge in [-0.1, -0.05) is 30.9 Å². The molecule has 1 aliphatic heterocycles. The van der Waals surface area contributed by atoms with E-state index in [1.807, 2.05) is 25.1 Å². The van der Waals surface area contributed by atoms with Crippen LogP contribution in [0.3, 0.4) is 0 Å². The minimum absolute atomic E-state index is 0.0830. The number of nitrogens with one attached hydrogen (secondary N) is 1. The highest BCUT2D eigenvalue weighted by Crippen LogP contribution is 2.35. The van der Waals surface area contributed by atoms with Gasteiger partial charge in [0, 0.05) is 17.3 Å². The summed E-state index contributed by atoms with van der Waals surface area (Å²) in [6.07, 6.45) is 6.77.